The van der Waals surface area contributed by atoms with Gasteiger partial charge in [0.2, 0.25) is 0 Å². The van der Waals surface area contributed by atoms with Crippen LogP contribution in [-0.4, -0.2) is 19.8 Å². The number of alkyl halides is 1. The summed E-state index contributed by atoms with van der Waals surface area (Å²) in [6.07, 6.45) is 22.6. The van der Waals surface area contributed by atoms with Crippen molar-refractivity contribution in [1.82, 2.24) is 0 Å². The van der Waals surface area contributed by atoms with Crippen molar-refractivity contribution in [3.63, 3.8) is 0 Å². The summed E-state index contributed by atoms with van der Waals surface area (Å²) in [6.45, 7) is 14.0. The molecular weight excluding hydrogens is 412 g/mol. The Labute approximate surface area is 181 Å². The second-order valence-corrected chi connectivity index (χ2v) is 15.2. The minimum Gasteiger partial charge on any atom is -0.411 e. The lowest BCUT2D eigenvalue weighted by molar-refractivity contribution is 0.211. The minimum atomic E-state index is -1.67. The zero-order valence-electron chi connectivity index (χ0n) is 19.4. The Hall–Kier alpha value is 0.397. The smallest absolute Gasteiger partial charge is 0.192 e. The SMILES string of the molecule is CCCC[C@H](/C=C\CCCCCCCCCCCBr)O[Si](C)(C)C(C)(C)C. The molecule has 3 heteroatoms. The summed E-state index contributed by atoms with van der Waals surface area (Å²) in [6, 6.07) is 0. The van der Waals surface area contributed by atoms with Crippen molar-refractivity contribution < 1.29 is 4.43 Å². The number of halogens is 1. The highest BCUT2D eigenvalue weighted by Crippen LogP contribution is 2.38. The Morgan fingerprint density at radius 2 is 1.37 bits per heavy atom. The zero-order valence-corrected chi connectivity index (χ0v) is 22.0. The third kappa shape index (κ3) is 15.0. The summed E-state index contributed by atoms with van der Waals surface area (Å²) in [5.41, 5.74) is 0. The number of hydrogen-bond acceptors (Lipinski definition) is 1. The van der Waals surface area contributed by atoms with Gasteiger partial charge in [-0.2, -0.15) is 0 Å². The zero-order chi connectivity index (χ0) is 20.6. The lowest BCUT2D eigenvalue weighted by atomic mass is 10.1. The van der Waals surface area contributed by atoms with Crippen LogP contribution in [0.25, 0.3) is 0 Å². The summed E-state index contributed by atoms with van der Waals surface area (Å²) < 4.78 is 6.65. The molecule has 162 valence electrons. The maximum Gasteiger partial charge on any atom is 0.192 e. The Balaban J connectivity index is 3.98. The summed E-state index contributed by atoms with van der Waals surface area (Å²) in [4.78, 5) is 0. The maximum atomic E-state index is 6.65. The molecule has 1 nitrogen and oxygen atoms in total. The molecule has 0 saturated carbocycles. The highest BCUT2D eigenvalue weighted by Gasteiger charge is 2.38. The Morgan fingerprint density at radius 3 is 1.85 bits per heavy atom. The molecule has 0 amide bonds. The van der Waals surface area contributed by atoms with Gasteiger partial charge in [0.25, 0.3) is 0 Å². The lowest BCUT2D eigenvalue weighted by Crippen LogP contribution is -2.43. The Bertz CT molecular complexity index is 360. The molecule has 0 aromatic heterocycles. The minimum absolute atomic E-state index is 0.291. The molecule has 0 aliphatic carbocycles. The van der Waals surface area contributed by atoms with Crippen LogP contribution in [0.15, 0.2) is 12.2 Å². The Morgan fingerprint density at radius 1 is 0.852 bits per heavy atom. The van der Waals surface area contributed by atoms with Crippen LogP contribution in [0.1, 0.15) is 111 Å². The summed E-state index contributed by atoms with van der Waals surface area (Å²) in [5.74, 6) is 0. The van der Waals surface area contributed by atoms with E-state index < -0.39 is 8.32 Å². The standard InChI is InChI=1S/C24H49BrOSi/c1-7-8-20-23(26-27(5,6)24(2,3)4)21-18-16-14-12-10-9-11-13-15-17-19-22-25/h18,21,23H,7-17,19-20,22H2,1-6H3/b21-18-/t23-/m1/s1. The van der Waals surface area contributed by atoms with Crippen molar-refractivity contribution >= 4 is 24.2 Å². The van der Waals surface area contributed by atoms with Crippen molar-refractivity contribution in [2.75, 3.05) is 5.33 Å². The molecule has 0 bridgehead atoms. The van der Waals surface area contributed by atoms with E-state index in [-0.39, 0.29) is 0 Å². The van der Waals surface area contributed by atoms with Gasteiger partial charge in [-0.15, -0.1) is 0 Å². The van der Waals surface area contributed by atoms with E-state index in [0.717, 1.165) is 0 Å². The van der Waals surface area contributed by atoms with Crippen LogP contribution in [0.2, 0.25) is 18.1 Å². The first-order valence-electron chi connectivity index (χ1n) is 11.6. The van der Waals surface area contributed by atoms with Crippen molar-refractivity contribution in [1.29, 1.82) is 0 Å². The van der Waals surface area contributed by atoms with Crippen LogP contribution in [0.3, 0.4) is 0 Å². The molecule has 0 aliphatic heterocycles. The van der Waals surface area contributed by atoms with Gasteiger partial charge >= 0.3 is 0 Å². The largest absolute Gasteiger partial charge is 0.411 e. The van der Waals surface area contributed by atoms with E-state index in [1.807, 2.05) is 0 Å². The molecule has 0 spiro atoms. The molecule has 0 unspecified atom stereocenters. The van der Waals surface area contributed by atoms with E-state index in [2.05, 4.69) is 68.9 Å². The second-order valence-electron chi connectivity index (χ2n) is 9.65. The topological polar surface area (TPSA) is 9.23 Å². The van der Waals surface area contributed by atoms with Gasteiger partial charge in [0.15, 0.2) is 8.32 Å². The fourth-order valence-electron chi connectivity index (χ4n) is 3.00. The fourth-order valence-corrected chi connectivity index (χ4v) is 4.70. The first-order valence-corrected chi connectivity index (χ1v) is 15.7. The first-order chi connectivity index (χ1) is 12.7. The van der Waals surface area contributed by atoms with Crippen molar-refractivity contribution in [3.8, 4) is 0 Å². The lowest BCUT2D eigenvalue weighted by Gasteiger charge is -2.38. The van der Waals surface area contributed by atoms with Crippen LogP contribution in [0.4, 0.5) is 0 Å². The molecular formula is C24H49BrOSi. The molecule has 0 rings (SSSR count). The van der Waals surface area contributed by atoms with E-state index in [1.54, 1.807) is 0 Å². The quantitative estimate of drug-likeness (QED) is 0.0907. The van der Waals surface area contributed by atoms with Gasteiger partial charge in [0, 0.05) is 5.33 Å². The van der Waals surface area contributed by atoms with Gasteiger partial charge in [-0.1, -0.05) is 114 Å². The second kappa shape index (κ2) is 16.2. The van der Waals surface area contributed by atoms with Crippen molar-refractivity contribution in [2.45, 2.75) is 135 Å². The van der Waals surface area contributed by atoms with Crippen LogP contribution in [-0.2, 0) is 4.43 Å². The normalized spacial score (nSPS) is 14.2. The van der Waals surface area contributed by atoms with Crippen molar-refractivity contribution in [2.24, 2.45) is 0 Å². The highest BCUT2D eigenvalue weighted by atomic mass is 79.9. The summed E-state index contributed by atoms with van der Waals surface area (Å²) >= 11 is 3.51. The summed E-state index contributed by atoms with van der Waals surface area (Å²) in [7, 11) is -1.67. The molecule has 1 atom stereocenters. The monoisotopic (exact) mass is 460 g/mol. The number of rotatable bonds is 17. The van der Waals surface area contributed by atoms with Gasteiger partial charge in [0.1, 0.15) is 0 Å². The van der Waals surface area contributed by atoms with Crippen LogP contribution in [0, 0.1) is 0 Å². The molecule has 0 aliphatic rings. The van der Waals surface area contributed by atoms with Crippen molar-refractivity contribution in [3.05, 3.63) is 12.2 Å². The Kier molecular flexibility index (Phi) is 16.5. The van der Waals surface area contributed by atoms with Gasteiger partial charge in [-0.05, 0) is 43.8 Å². The molecule has 0 N–H and O–H groups in total. The van der Waals surface area contributed by atoms with Crippen LogP contribution < -0.4 is 0 Å². The third-order valence-electron chi connectivity index (χ3n) is 5.95. The molecule has 0 aromatic rings. The molecule has 0 fully saturated rings. The molecule has 0 aromatic carbocycles. The van der Waals surface area contributed by atoms with Crippen LogP contribution in [0.5, 0.6) is 0 Å². The molecule has 27 heavy (non-hydrogen) atoms. The van der Waals surface area contributed by atoms with E-state index in [0.29, 0.717) is 11.1 Å². The average Bonchev–Trinajstić information content (AvgIpc) is 2.59. The number of unbranched alkanes of at least 4 members (excludes halogenated alkanes) is 10. The van der Waals surface area contributed by atoms with Gasteiger partial charge < -0.3 is 4.43 Å². The van der Waals surface area contributed by atoms with E-state index in [9.17, 15) is 0 Å². The van der Waals surface area contributed by atoms with Crippen LogP contribution >= 0.6 is 15.9 Å². The average molecular weight is 462 g/mol. The first kappa shape index (κ1) is 27.4. The van der Waals surface area contributed by atoms with E-state index in [4.69, 9.17) is 4.43 Å². The van der Waals surface area contributed by atoms with Gasteiger partial charge in [0.05, 0.1) is 6.10 Å². The molecule has 0 radical (unpaired) electrons. The van der Waals surface area contributed by atoms with Gasteiger partial charge in [-0.3, -0.25) is 0 Å². The highest BCUT2D eigenvalue weighted by molar-refractivity contribution is 9.09. The third-order valence-corrected chi connectivity index (χ3v) is 11.0. The predicted octanol–water partition coefficient (Wildman–Crippen LogP) is 9.42. The molecule has 0 saturated heterocycles. The number of hydrogen-bond donors (Lipinski definition) is 0. The number of allylic oxidation sites excluding steroid dienone is 1. The van der Waals surface area contributed by atoms with Gasteiger partial charge in [-0.25, -0.2) is 0 Å². The summed E-state index contributed by atoms with van der Waals surface area (Å²) in [5, 5.41) is 1.46. The predicted molar refractivity (Wildman–Crippen MR) is 131 cm³/mol. The van der Waals surface area contributed by atoms with E-state index in [1.165, 1.54) is 88.8 Å². The van der Waals surface area contributed by atoms with E-state index >= 15 is 0 Å². The maximum absolute atomic E-state index is 6.65. The molecule has 0 heterocycles. The fraction of sp³-hybridized carbons (Fsp3) is 0.917.